The Bertz CT molecular complexity index is 931. The lowest BCUT2D eigenvalue weighted by atomic mass is 10.1. The number of rotatable bonds is 7. The molecule has 1 aromatic heterocycles. The highest BCUT2D eigenvalue weighted by atomic mass is 16.2. The number of hydrogen-bond acceptors (Lipinski definition) is 3. The Morgan fingerprint density at radius 3 is 2.52 bits per heavy atom. The molecule has 3 aromatic rings. The van der Waals surface area contributed by atoms with Crippen LogP contribution in [-0.2, 0) is 11.2 Å². The molecule has 27 heavy (non-hydrogen) atoms. The standard InChI is InChI=1S/C22H25N3O2/c1-16(12-13-18-8-4-3-5-9-18)23-21(26)14-15-22(27)25-20-11-7-6-10-19(20)17(2)24-25/h3-11,16H,12-15H2,1-2H3,(H,23,26). The molecule has 1 heterocycles. The van der Waals surface area contributed by atoms with Crippen LogP contribution in [-0.4, -0.2) is 27.6 Å². The summed E-state index contributed by atoms with van der Waals surface area (Å²) in [5, 5.41) is 8.27. The Balaban J connectivity index is 1.49. The smallest absolute Gasteiger partial charge is 0.247 e. The second-order valence-electron chi connectivity index (χ2n) is 6.90. The summed E-state index contributed by atoms with van der Waals surface area (Å²) >= 11 is 0. The first-order valence-corrected chi connectivity index (χ1v) is 9.35. The predicted molar refractivity (Wildman–Crippen MR) is 107 cm³/mol. The summed E-state index contributed by atoms with van der Waals surface area (Å²) in [6.07, 6.45) is 2.09. The van der Waals surface area contributed by atoms with Gasteiger partial charge in [-0.2, -0.15) is 9.78 Å². The first-order valence-electron chi connectivity index (χ1n) is 9.35. The third-order valence-electron chi connectivity index (χ3n) is 4.69. The Kier molecular flexibility index (Phi) is 6.01. The highest BCUT2D eigenvalue weighted by Gasteiger charge is 2.15. The molecule has 0 aliphatic heterocycles. The highest BCUT2D eigenvalue weighted by molar-refractivity contribution is 5.93. The van der Waals surface area contributed by atoms with Crippen molar-refractivity contribution >= 4 is 22.7 Å². The zero-order valence-electron chi connectivity index (χ0n) is 15.8. The molecule has 0 bridgehead atoms. The van der Waals surface area contributed by atoms with Crippen molar-refractivity contribution in [2.45, 2.75) is 45.6 Å². The maximum atomic E-state index is 12.5. The summed E-state index contributed by atoms with van der Waals surface area (Å²) in [6, 6.07) is 17.9. The molecular formula is C22H25N3O2. The molecule has 2 aromatic carbocycles. The second kappa shape index (κ2) is 8.62. The van der Waals surface area contributed by atoms with E-state index in [4.69, 9.17) is 0 Å². The predicted octanol–water partition coefficient (Wildman–Crippen LogP) is 3.90. The van der Waals surface area contributed by atoms with Crippen LogP contribution >= 0.6 is 0 Å². The molecular weight excluding hydrogens is 338 g/mol. The van der Waals surface area contributed by atoms with Crippen LogP contribution in [0.3, 0.4) is 0 Å². The van der Waals surface area contributed by atoms with Crippen LogP contribution in [0.1, 0.15) is 42.2 Å². The van der Waals surface area contributed by atoms with E-state index < -0.39 is 0 Å². The van der Waals surface area contributed by atoms with Crippen molar-refractivity contribution in [2.75, 3.05) is 0 Å². The van der Waals surface area contributed by atoms with Crippen molar-refractivity contribution in [3.63, 3.8) is 0 Å². The molecule has 1 unspecified atom stereocenters. The van der Waals surface area contributed by atoms with Crippen LogP contribution in [0.2, 0.25) is 0 Å². The van der Waals surface area contributed by atoms with Crippen molar-refractivity contribution in [3.8, 4) is 0 Å². The van der Waals surface area contributed by atoms with Crippen LogP contribution in [0, 0.1) is 6.92 Å². The molecule has 0 spiro atoms. The Labute approximate surface area is 159 Å². The summed E-state index contributed by atoms with van der Waals surface area (Å²) < 4.78 is 1.41. The van der Waals surface area contributed by atoms with E-state index in [9.17, 15) is 9.59 Å². The van der Waals surface area contributed by atoms with Gasteiger partial charge in [0.05, 0.1) is 11.2 Å². The summed E-state index contributed by atoms with van der Waals surface area (Å²) in [6.45, 7) is 3.88. The van der Waals surface area contributed by atoms with E-state index >= 15 is 0 Å². The largest absolute Gasteiger partial charge is 0.354 e. The average molecular weight is 363 g/mol. The van der Waals surface area contributed by atoms with Crippen LogP contribution in [0.15, 0.2) is 54.6 Å². The normalized spacial score (nSPS) is 12.1. The number of carbonyl (C=O) groups excluding carboxylic acids is 2. The van der Waals surface area contributed by atoms with Gasteiger partial charge in [0.1, 0.15) is 0 Å². The molecule has 0 radical (unpaired) electrons. The molecule has 140 valence electrons. The molecule has 1 N–H and O–H groups in total. The zero-order chi connectivity index (χ0) is 19.2. The first-order chi connectivity index (χ1) is 13.0. The van der Waals surface area contributed by atoms with E-state index in [1.54, 1.807) is 0 Å². The number of aromatic nitrogens is 2. The lowest BCUT2D eigenvalue weighted by Gasteiger charge is -2.13. The number of aryl methyl sites for hydroxylation is 2. The molecule has 5 nitrogen and oxygen atoms in total. The summed E-state index contributed by atoms with van der Waals surface area (Å²) in [4.78, 5) is 24.7. The van der Waals surface area contributed by atoms with Gasteiger partial charge in [-0.15, -0.1) is 0 Å². The van der Waals surface area contributed by atoms with Crippen LogP contribution in [0.25, 0.3) is 10.9 Å². The van der Waals surface area contributed by atoms with E-state index in [2.05, 4.69) is 22.5 Å². The van der Waals surface area contributed by atoms with Crippen molar-refractivity contribution in [2.24, 2.45) is 0 Å². The van der Waals surface area contributed by atoms with Gasteiger partial charge in [-0.3, -0.25) is 9.59 Å². The van der Waals surface area contributed by atoms with Crippen LogP contribution < -0.4 is 5.32 Å². The Hall–Kier alpha value is -2.95. The van der Waals surface area contributed by atoms with Crippen LogP contribution in [0.5, 0.6) is 0 Å². The minimum Gasteiger partial charge on any atom is -0.354 e. The average Bonchev–Trinajstić information content (AvgIpc) is 3.02. The van der Waals surface area contributed by atoms with Gasteiger partial charge >= 0.3 is 0 Å². The van der Waals surface area contributed by atoms with E-state index in [1.807, 2.05) is 56.3 Å². The Morgan fingerprint density at radius 2 is 1.74 bits per heavy atom. The molecule has 0 saturated carbocycles. The number of nitrogens with zero attached hydrogens (tertiary/aromatic N) is 2. The third-order valence-corrected chi connectivity index (χ3v) is 4.69. The van der Waals surface area contributed by atoms with Gasteiger partial charge in [-0.05, 0) is 38.3 Å². The molecule has 3 rings (SSSR count). The molecule has 0 fully saturated rings. The number of fused-ring (bicyclic) bond motifs is 1. The van der Waals surface area contributed by atoms with Crippen molar-refractivity contribution in [1.82, 2.24) is 15.1 Å². The van der Waals surface area contributed by atoms with Crippen molar-refractivity contribution < 1.29 is 9.59 Å². The lowest BCUT2D eigenvalue weighted by Crippen LogP contribution is -2.33. The lowest BCUT2D eigenvalue weighted by molar-refractivity contribution is -0.121. The van der Waals surface area contributed by atoms with Gasteiger partial charge in [0.2, 0.25) is 11.8 Å². The maximum Gasteiger partial charge on any atom is 0.247 e. The fourth-order valence-corrected chi connectivity index (χ4v) is 3.19. The number of benzene rings is 2. The van der Waals surface area contributed by atoms with E-state index in [0.717, 1.165) is 29.4 Å². The minimum absolute atomic E-state index is 0.0700. The number of amides is 1. The quantitative estimate of drug-likeness (QED) is 0.692. The number of para-hydroxylation sites is 1. The zero-order valence-corrected chi connectivity index (χ0v) is 15.8. The molecule has 0 saturated heterocycles. The monoisotopic (exact) mass is 363 g/mol. The van der Waals surface area contributed by atoms with Crippen LogP contribution in [0.4, 0.5) is 0 Å². The van der Waals surface area contributed by atoms with Gasteiger partial charge in [0.25, 0.3) is 0 Å². The Morgan fingerprint density at radius 1 is 1.04 bits per heavy atom. The molecule has 0 aliphatic rings. The van der Waals surface area contributed by atoms with Crippen molar-refractivity contribution in [1.29, 1.82) is 0 Å². The van der Waals surface area contributed by atoms with E-state index in [0.29, 0.717) is 0 Å². The molecule has 5 heteroatoms. The topological polar surface area (TPSA) is 64.0 Å². The third kappa shape index (κ3) is 4.82. The fourth-order valence-electron chi connectivity index (χ4n) is 3.19. The number of hydrogen-bond donors (Lipinski definition) is 1. The van der Waals surface area contributed by atoms with Gasteiger partial charge in [0.15, 0.2) is 0 Å². The number of nitrogens with one attached hydrogen (secondary N) is 1. The molecule has 1 atom stereocenters. The summed E-state index contributed by atoms with van der Waals surface area (Å²) in [5.41, 5.74) is 2.87. The van der Waals surface area contributed by atoms with Crippen molar-refractivity contribution in [3.05, 3.63) is 65.9 Å². The van der Waals surface area contributed by atoms with Gasteiger partial charge in [-0.25, -0.2) is 0 Å². The first kappa shape index (κ1) is 18.8. The number of carbonyl (C=O) groups is 2. The van der Waals surface area contributed by atoms with Gasteiger partial charge < -0.3 is 5.32 Å². The minimum atomic E-state index is -0.161. The van der Waals surface area contributed by atoms with E-state index in [1.165, 1.54) is 10.2 Å². The van der Waals surface area contributed by atoms with Gasteiger partial charge in [-0.1, -0.05) is 48.5 Å². The fraction of sp³-hybridized carbons (Fsp3) is 0.318. The second-order valence-corrected chi connectivity index (χ2v) is 6.90. The highest BCUT2D eigenvalue weighted by Crippen LogP contribution is 2.18. The SMILES string of the molecule is Cc1nn(C(=O)CCC(=O)NC(C)CCc2ccccc2)c2ccccc12. The molecule has 1 amide bonds. The summed E-state index contributed by atoms with van der Waals surface area (Å²) in [5.74, 6) is -0.261. The van der Waals surface area contributed by atoms with Gasteiger partial charge in [0, 0.05) is 24.3 Å². The molecule has 0 aliphatic carbocycles. The maximum absolute atomic E-state index is 12.5. The summed E-state index contributed by atoms with van der Waals surface area (Å²) in [7, 11) is 0. The van der Waals surface area contributed by atoms with E-state index in [-0.39, 0.29) is 30.7 Å².